The highest BCUT2D eigenvalue weighted by molar-refractivity contribution is 5.66. The molecule has 1 aliphatic rings. The molecule has 0 radical (unpaired) electrons. The molecule has 0 amide bonds. The van der Waals surface area contributed by atoms with E-state index in [0.29, 0.717) is 0 Å². The first-order valence-corrected chi connectivity index (χ1v) is 10.2. The minimum Gasteiger partial charge on any atom is -0.494 e. The molecule has 24 heavy (non-hydrogen) atoms. The normalized spacial score (nSPS) is 17.6. The first kappa shape index (κ1) is 19.1. The van der Waals surface area contributed by atoms with Crippen molar-refractivity contribution < 1.29 is 4.74 Å². The molecular formula is C23H36O. The van der Waals surface area contributed by atoms with Gasteiger partial charge in [0.1, 0.15) is 5.75 Å². The van der Waals surface area contributed by atoms with Crippen LogP contribution >= 0.6 is 0 Å². The highest BCUT2D eigenvalue weighted by Gasteiger charge is 2.11. The lowest BCUT2D eigenvalue weighted by molar-refractivity contribution is 0.304. The van der Waals surface area contributed by atoms with Crippen molar-refractivity contribution in [2.45, 2.75) is 84.5 Å². The van der Waals surface area contributed by atoms with Crippen LogP contribution in [0.2, 0.25) is 0 Å². The SMILES string of the molecule is CCCCCCCCCCOc1ccc(C2=CC[C@H](C)CC2)cc1. The van der Waals surface area contributed by atoms with Gasteiger partial charge in [-0.2, -0.15) is 0 Å². The van der Waals surface area contributed by atoms with Crippen molar-refractivity contribution >= 4 is 5.57 Å². The van der Waals surface area contributed by atoms with Crippen LogP contribution in [-0.4, -0.2) is 6.61 Å². The average molecular weight is 329 g/mol. The quantitative estimate of drug-likeness (QED) is 0.384. The smallest absolute Gasteiger partial charge is 0.119 e. The van der Waals surface area contributed by atoms with Gasteiger partial charge in [-0.15, -0.1) is 0 Å². The zero-order chi connectivity index (χ0) is 17.0. The summed E-state index contributed by atoms with van der Waals surface area (Å²) in [7, 11) is 0. The largest absolute Gasteiger partial charge is 0.494 e. The van der Waals surface area contributed by atoms with E-state index < -0.39 is 0 Å². The minimum atomic E-state index is 0.850. The summed E-state index contributed by atoms with van der Waals surface area (Å²) in [5, 5.41) is 0. The second-order valence-electron chi connectivity index (χ2n) is 7.46. The Bertz CT molecular complexity index is 471. The van der Waals surface area contributed by atoms with Gasteiger partial charge in [0.05, 0.1) is 6.61 Å². The highest BCUT2D eigenvalue weighted by atomic mass is 16.5. The predicted molar refractivity (Wildman–Crippen MR) is 106 cm³/mol. The van der Waals surface area contributed by atoms with Crippen molar-refractivity contribution in [1.82, 2.24) is 0 Å². The second kappa shape index (κ2) is 11.3. The Balaban J connectivity index is 1.59. The maximum absolute atomic E-state index is 5.89. The Morgan fingerprint density at radius 3 is 2.21 bits per heavy atom. The number of hydrogen-bond acceptors (Lipinski definition) is 1. The van der Waals surface area contributed by atoms with Crippen LogP contribution in [0.15, 0.2) is 30.3 Å². The van der Waals surface area contributed by atoms with Crippen LogP contribution in [0.3, 0.4) is 0 Å². The van der Waals surface area contributed by atoms with Crippen LogP contribution < -0.4 is 4.74 Å². The summed E-state index contributed by atoms with van der Waals surface area (Å²) in [6.45, 7) is 5.47. The molecule has 134 valence electrons. The first-order valence-electron chi connectivity index (χ1n) is 10.2. The predicted octanol–water partition coefficient (Wildman–Crippen LogP) is 7.41. The molecule has 0 bridgehead atoms. The third kappa shape index (κ3) is 7.11. The Morgan fingerprint density at radius 1 is 0.917 bits per heavy atom. The lowest BCUT2D eigenvalue weighted by Gasteiger charge is -2.18. The van der Waals surface area contributed by atoms with Gasteiger partial charge in [-0.05, 0) is 54.9 Å². The summed E-state index contributed by atoms with van der Waals surface area (Å²) < 4.78 is 5.89. The molecule has 0 N–H and O–H groups in total. The number of unbranched alkanes of at least 4 members (excludes halogenated alkanes) is 7. The summed E-state index contributed by atoms with van der Waals surface area (Å²) >= 11 is 0. The maximum Gasteiger partial charge on any atom is 0.119 e. The standard InChI is InChI=1S/C23H36O/c1-3-4-5-6-7-8-9-10-19-24-23-17-15-22(16-18-23)21-13-11-20(2)12-14-21/h13,15-18,20H,3-12,14,19H2,1-2H3/t20-/m0/s1. The summed E-state index contributed by atoms with van der Waals surface area (Å²) in [4.78, 5) is 0. The maximum atomic E-state index is 5.89. The molecule has 1 aromatic carbocycles. The van der Waals surface area contributed by atoms with Crippen LogP contribution in [0.25, 0.3) is 5.57 Å². The van der Waals surface area contributed by atoms with Gasteiger partial charge in [-0.1, -0.05) is 77.0 Å². The molecule has 0 fully saturated rings. The molecule has 0 heterocycles. The molecule has 0 saturated heterocycles. The Labute approximate surface area is 149 Å². The van der Waals surface area contributed by atoms with Crippen molar-refractivity contribution in [3.63, 3.8) is 0 Å². The molecular weight excluding hydrogens is 292 g/mol. The van der Waals surface area contributed by atoms with E-state index in [9.17, 15) is 0 Å². The molecule has 0 spiro atoms. The van der Waals surface area contributed by atoms with Gasteiger partial charge >= 0.3 is 0 Å². The van der Waals surface area contributed by atoms with Gasteiger partial charge in [0, 0.05) is 0 Å². The van der Waals surface area contributed by atoms with Crippen molar-refractivity contribution in [3.8, 4) is 5.75 Å². The fourth-order valence-corrected chi connectivity index (χ4v) is 3.42. The third-order valence-corrected chi connectivity index (χ3v) is 5.16. The number of hydrogen-bond donors (Lipinski definition) is 0. The summed E-state index contributed by atoms with van der Waals surface area (Å²) in [6.07, 6.45) is 17.0. The van der Waals surface area contributed by atoms with Crippen molar-refractivity contribution in [1.29, 1.82) is 0 Å². The van der Waals surface area contributed by atoms with E-state index in [0.717, 1.165) is 18.3 Å². The van der Waals surface area contributed by atoms with E-state index in [1.54, 1.807) is 0 Å². The van der Waals surface area contributed by atoms with E-state index in [2.05, 4.69) is 44.2 Å². The van der Waals surface area contributed by atoms with E-state index in [1.165, 1.54) is 81.8 Å². The van der Waals surface area contributed by atoms with Crippen molar-refractivity contribution in [3.05, 3.63) is 35.9 Å². The van der Waals surface area contributed by atoms with Crippen LogP contribution in [0.1, 0.15) is 90.0 Å². The molecule has 1 atom stereocenters. The van der Waals surface area contributed by atoms with Crippen LogP contribution in [0.4, 0.5) is 0 Å². The van der Waals surface area contributed by atoms with E-state index in [-0.39, 0.29) is 0 Å². The van der Waals surface area contributed by atoms with E-state index in [4.69, 9.17) is 4.74 Å². The molecule has 0 aromatic heterocycles. The lowest BCUT2D eigenvalue weighted by Crippen LogP contribution is -2.01. The van der Waals surface area contributed by atoms with Gasteiger partial charge in [0.15, 0.2) is 0 Å². The van der Waals surface area contributed by atoms with Gasteiger partial charge in [0.25, 0.3) is 0 Å². The van der Waals surface area contributed by atoms with Crippen LogP contribution in [-0.2, 0) is 0 Å². The number of ether oxygens (including phenoxy) is 1. The molecule has 1 aliphatic carbocycles. The monoisotopic (exact) mass is 328 g/mol. The Kier molecular flexibility index (Phi) is 9.02. The van der Waals surface area contributed by atoms with Gasteiger partial charge < -0.3 is 4.74 Å². The van der Waals surface area contributed by atoms with E-state index in [1.807, 2.05) is 0 Å². The number of benzene rings is 1. The number of allylic oxidation sites excluding steroid dienone is 2. The summed E-state index contributed by atoms with van der Waals surface area (Å²) in [5.41, 5.74) is 2.89. The van der Waals surface area contributed by atoms with Crippen LogP contribution in [0, 0.1) is 5.92 Å². The molecule has 1 heteroatoms. The summed E-state index contributed by atoms with van der Waals surface area (Å²) in [6, 6.07) is 8.73. The van der Waals surface area contributed by atoms with Crippen molar-refractivity contribution in [2.24, 2.45) is 5.92 Å². The molecule has 1 nitrogen and oxygen atoms in total. The van der Waals surface area contributed by atoms with E-state index >= 15 is 0 Å². The average Bonchev–Trinajstić information content (AvgIpc) is 2.62. The fourth-order valence-electron chi connectivity index (χ4n) is 3.42. The van der Waals surface area contributed by atoms with Crippen molar-refractivity contribution in [2.75, 3.05) is 6.61 Å². The molecule has 2 rings (SSSR count). The molecule has 0 aliphatic heterocycles. The third-order valence-electron chi connectivity index (χ3n) is 5.16. The molecule has 1 aromatic rings. The fraction of sp³-hybridized carbons (Fsp3) is 0.652. The molecule has 0 saturated carbocycles. The molecule has 0 unspecified atom stereocenters. The first-order chi connectivity index (χ1) is 11.8. The zero-order valence-corrected chi connectivity index (χ0v) is 15.9. The number of rotatable bonds is 11. The minimum absolute atomic E-state index is 0.850. The van der Waals surface area contributed by atoms with Crippen LogP contribution in [0.5, 0.6) is 5.75 Å². The van der Waals surface area contributed by atoms with Gasteiger partial charge in [-0.3, -0.25) is 0 Å². The Hall–Kier alpha value is -1.24. The Morgan fingerprint density at radius 2 is 1.58 bits per heavy atom. The topological polar surface area (TPSA) is 9.23 Å². The van der Waals surface area contributed by atoms with Gasteiger partial charge in [-0.25, -0.2) is 0 Å². The highest BCUT2D eigenvalue weighted by Crippen LogP contribution is 2.30. The lowest BCUT2D eigenvalue weighted by atomic mass is 9.88. The zero-order valence-electron chi connectivity index (χ0n) is 15.9. The second-order valence-corrected chi connectivity index (χ2v) is 7.46. The van der Waals surface area contributed by atoms with Gasteiger partial charge in [0.2, 0.25) is 0 Å². The summed E-state index contributed by atoms with van der Waals surface area (Å²) in [5.74, 6) is 1.87.